The maximum Gasteiger partial charge on any atom is 0.364 e. The molecule has 0 atom stereocenters. The lowest BCUT2D eigenvalue weighted by Crippen LogP contribution is -2.22. The molecule has 0 unspecified atom stereocenters. The third-order valence-corrected chi connectivity index (χ3v) is 10.4. The smallest absolute Gasteiger partial charge is 0.364 e. The number of urea groups is 1. The molecule has 292 valence electrons. The Morgan fingerprint density at radius 2 is 1.41 bits per heavy atom. The lowest BCUT2D eigenvalue weighted by atomic mass is 10.1. The van der Waals surface area contributed by atoms with Crippen LogP contribution in [-0.4, -0.2) is 53.7 Å². The predicted octanol–water partition coefficient (Wildman–Crippen LogP) is 7.73. The molecule has 1 heterocycles. The van der Waals surface area contributed by atoms with Crippen LogP contribution in [0.1, 0.15) is 0 Å². The number of rotatable bonds is 9. The van der Waals surface area contributed by atoms with Gasteiger partial charge in [-0.2, -0.15) is 16.8 Å². The van der Waals surface area contributed by atoms with E-state index in [0.717, 1.165) is 6.07 Å². The molecule has 0 aliphatic heterocycles. The maximum absolute atomic E-state index is 13.7. The summed E-state index contributed by atoms with van der Waals surface area (Å²) in [5.41, 5.74) is 5.61. The first-order valence-corrected chi connectivity index (χ1v) is 19.6. The summed E-state index contributed by atoms with van der Waals surface area (Å²) in [6.45, 7) is 0. The molecular formula is C38H28N8O10S2. The van der Waals surface area contributed by atoms with Crippen LogP contribution < -0.4 is 21.3 Å². The number of phenolic OH excluding ortho intramolecular Hbond substituents is 1. The molecular weight excluding hydrogens is 793 g/mol. The Balaban J connectivity index is 1.25. The molecule has 1 aromatic heterocycles. The Hall–Kier alpha value is -7.39. The number of carbonyl (C=O) groups is 1. The van der Waals surface area contributed by atoms with E-state index in [1.807, 2.05) is 30.3 Å². The van der Waals surface area contributed by atoms with E-state index in [0.29, 0.717) is 34.0 Å². The number of nitrogens with zero attached hydrogens (tertiary/aromatic N) is 6. The Kier molecular flexibility index (Phi) is 10.2. The second kappa shape index (κ2) is 15.3. The van der Waals surface area contributed by atoms with Gasteiger partial charge in [0, 0.05) is 11.3 Å². The molecule has 18 nitrogen and oxygen atoms in total. The Labute approximate surface area is 328 Å². The Morgan fingerprint density at radius 1 is 0.793 bits per heavy atom. The average molecular weight is 821 g/mol. The molecule has 0 radical (unpaired) electrons. The SMILES string of the molecule is COc1ccccc1N=Nc1c(S(=O)(=O)O)cc2cc(S(=O)(=O)O)c(N=NC(=O)Nc3ccc(-n4c(-c5ccccc5)nc5ccccc5c4=O)cc3)c(O)c2c1N. The van der Waals surface area contributed by atoms with E-state index in [4.69, 9.17) is 15.5 Å². The monoisotopic (exact) mass is 820 g/mol. The first-order valence-electron chi connectivity index (χ1n) is 16.7. The van der Waals surface area contributed by atoms with Crippen LogP contribution in [0.25, 0.3) is 38.8 Å². The van der Waals surface area contributed by atoms with Gasteiger partial charge in [-0.1, -0.05) is 59.7 Å². The summed E-state index contributed by atoms with van der Waals surface area (Å²) in [7, 11) is -8.99. The molecule has 0 spiro atoms. The van der Waals surface area contributed by atoms with Crippen LogP contribution in [-0.2, 0) is 20.2 Å². The van der Waals surface area contributed by atoms with Gasteiger partial charge >= 0.3 is 6.03 Å². The summed E-state index contributed by atoms with van der Waals surface area (Å²) in [5.74, 6) is -0.435. The fourth-order valence-corrected chi connectivity index (χ4v) is 7.34. The highest BCUT2D eigenvalue weighted by Crippen LogP contribution is 2.48. The van der Waals surface area contributed by atoms with Crippen LogP contribution in [0.4, 0.5) is 33.2 Å². The number of amides is 2. The van der Waals surface area contributed by atoms with Gasteiger partial charge < -0.3 is 20.9 Å². The number of anilines is 2. The van der Waals surface area contributed by atoms with Crippen molar-refractivity contribution in [3.63, 3.8) is 0 Å². The van der Waals surface area contributed by atoms with Crippen LogP contribution in [0.3, 0.4) is 0 Å². The van der Waals surface area contributed by atoms with Gasteiger partial charge in [-0.15, -0.1) is 15.3 Å². The van der Waals surface area contributed by atoms with Gasteiger partial charge in [-0.05, 0) is 66.0 Å². The highest BCUT2D eigenvalue weighted by molar-refractivity contribution is 7.86. The molecule has 7 aromatic rings. The van der Waals surface area contributed by atoms with Crippen LogP contribution in [0.15, 0.2) is 150 Å². The van der Waals surface area contributed by atoms with E-state index in [1.54, 1.807) is 54.6 Å². The molecule has 0 saturated heterocycles. The number of carbonyl (C=O) groups excluding carboxylic acids is 1. The van der Waals surface area contributed by atoms with E-state index in [2.05, 4.69) is 25.8 Å². The van der Waals surface area contributed by atoms with Gasteiger partial charge in [0.25, 0.3) is 25.8 Å². The minimum Gasteiger partial charge on any atom is -0.505 e. The number of aromatic nitrogens is 2. The average Bonchev–Trinajstić information content (AvgIpc) is 3.20. The molecule has 0 aliphatic carbocycles. The standard InChI is InChI=1S/C38H28N8O10S2/c1-56-28-14-8-7-13-27(28)42-43-33-29(57(50,51)52)19-22-20-30(58(53,54)55)34(35(47)31(22)32(33)39)44-45-38(49)40-23-15-17-24(18-16-23)46-36(21-9-3-2-4-10-21)41-26-12-6-5-11-25(26)37(46)48/h2-20,47H,39H2,1H3,(H,40,49)(H,50,51,52)(H,53,54,55). The number of hydrogen-bond donors (Lipinski definition) is 5. The highest BCUT2D eigenvalue weighted by atomic mass is 32.2. The van der Waals surface area contributed by atoms with E-state index in [1.165, 1.54) is 29.9 Å². The van der Waals surface area contributed by atoms with Gasteiger partial charge in [0.1, 0.15) is 38.4 Å². The number of methoxy groups -OCH3 is 1. The minimum atomic E-state index is -5.24. The molecule has 2 amide bonds. The largest absolute Gasteiger partial charge is 0.505 e. The van der Waals surface area contributed by atoms with Crippen LogP contribution >= 0.6 is 0 Å². The summed E-state index contributed by atoms with van der Waals surface area (Å²) in [6.07, 6.45) is 0. The zero-order chi connectivity index (χ0) is 41.4. The van der Waals surface area contributed by atoms with Crippen molar-refractivity contribution in [3.05, 3.63) is 126 Å². The Morgan fingerprint density at radius 3 is 2.09 bits per heavy atom. The minimum absolute atomic E-state index is 0.128. The summed E-state index contributed by atoms with van der Waals surface area (Å²) >= 11 is 0. The van der Waals surface area contributed by atoms with Crippen molar-refractivity contribution < 1.29 is 40.6 Å². The van der Waals surface area contributed by atoms with Gasteiger partial charge in [-0.25, -0.2) is 9.78 Å². The number of phenols is 1. The number of ether oxygens (including phenoxy) is 1. The number of aromatic hydroxyl groups is 1. The molecule has 20 heteroatoms. The molecule has 58 heavy (non-hydrogen) atoms. The van der Waals surface area contributed by atoms with Crippen LogP contribution in [0, 0.1) is 0 Å². The Bertz CT molecular complexity index is 3140. The number of azo groups is 2. The molecule has 0 bridgehead atoms. The lowest BCUT2D eigenvalue weighted by Gasteiger charge is -2.14. The number of benzene rings is 6. The van der Waals surface area contributed by atoms with Gasteiger partial charge in [-0.3, -0.25) is 18.5 Å². The summed E-state index contributed by atoms with van der Waals surface area (Å²) < 4.78 is 76.5. The van der Waals surface area contributed by atoms with Crippen LogP contribution in [0.5, 0.6) is 11.5 Å². The molecule has 6 N–H and O–H groups in total. The zero-order valence-corrected chi connectivity index (χ0v) is 31.4. The third kappa shape index (κ3) is 7.57. The number of hydrogen-bond acceptors (Lipinski definition) is 13. The van der Waals surface area contributed by atoms with Crippen molar-refractivity contribution in [2.24, 2.45) is 20.5 Å². The number of nitrogens with one attached hydrogen (secondary N) is 1. The highest BCUT2D eigenvalue weighted by Gasteiger charge is 2.28. The van der Waals surface area contributed by atoms with Crippen molar-refractivity contribution >= 4 is 76.4 Å². The number of nitrogen functional groups attached to an aromatic ring is 1. The molecule has 6 aromatic carbocycles. The fourth-order valence-electron chi connectivity index (χ4n) is 6.01. The second-order valence-electron chi connectivity index (χ2n) is 12.3. The molecule has 0 aliphatic rings. The van der Waals surface area contributed by atoms with Gasteiger partial charge in [0.05, 0.1) is 34.8 Å². The van der Waals surface area contributed by atoms with E-state index in [9.17, 15) is 40.6 Å². The second-order valence-corrected chi connectivity index (χ2v) is 15.0. The van der Waals surface area contributed by atoms with E-state index < -0.39 is 69.6 Å². The maximum atomic E-state index is 13.7. The zero-order valence-electron chi connectivity index (χ0n) is 29.7. The number of fused-ring (bicyclic) bond motifs is 2. The quantitative estimate of drug-likeness (QED) is 0.0531. The van der Waals surface area contributed by atoms with Gasteiger partial charge in [0.2, 0.25) is 0 Å². The van der Waals surface area contributed by atoms with Crippen molar-refractivity contribution in [2.45, 2.75) is 9.79 Å². The number of nitrogens with two attached hydrogens (primary N) is 1. The summed E-state index contributed by atoms with van der Waals surface area (Å²) in [4.78, 5) is 29.4. The fraction of sp³-hybridized carbons (Fsp3) is 0.0263. The van der Waals surface area contributed by atoms with Crippen molar-refractivity contribution in [3.8, 4) is 28.6 Å². The van der Waals surface area contributed by atoms with Crippen molar-refractivity contribution in [1.29, 1.82) is 0 Å². The first kappa shape index (κ1) is 38.9. The lowest BCUT2D eigenvalue weighted by molar-refractivity contribution is 0.258. The summed E-state index contributed by atoms with van der Waals surface area (Å²) in [6, 6.07) is 28.5. The molecule has 0 saturated carbocycles. The number of para-hydroxylation sites is 2. The normalized spacial score (nSPS) is 12.1. The summed E-state index contributed by atoms with van der Waals surface area (Å²) in [5, 5.41) is 28.2. The van der Waals surface area contributed by atoms with Crippen LogP contribution in [0.2, 0.25) is 0 Å². The molecule has 0 fully saturated rings. The topological polar surface area (TPSA) is 278 Å². The van der Waals surface area contributed by atoms with Gasteiger partial charge in [0.15, 0.2) is 5.75 Å². The molecule has 7 rings (SSSR count). The third-order valence-electron chi connectivity index (χ3n) is 8.64. The van der Waals surface area contributed by atoms with Crippen molar-refractivity contribution in [2.75, 3.05) is 18.2 Å². The van der Waals surface area contributed by atoms with E-state index >= 15 is 0 Å². The van der Waals surface area contributed by atoms with E-state index in [-0.39, 0.29) is 22.7 Å². The van der Waals surface area contributed by atoms with Crippen molar-refractivity contribution in [1.82, 2.24) is 9.55 Å². The first-order chi connectivity index (χ1) is 27.7. The predicted molar refractivity (Wildman–Crippen MR) is 213 cm³/mol.